The molecule has 5 heteroatoms. The number of hydrogen-bond donors (Lipinski definition) is 2. The number of Topliss-reactive ketones (excluding diaryl/α,β-unsaturated/α-hetero) is 1. The molecule has 3 aliphatic carbocycles. The first kappa shape index (κ1) is 18.6. The van der Waals surface area contributed by atoms with Crippen molar-refractivity contribution < 1.29 is 19.4 Å². The van der Waals surface area contributed by atoms with Gasteiger partial charge in [0.1, 0.15) is 23.8 Å². The van der Waals surface area contributed by atoms with Crippen molar-refractivity contribution in [2.75, 3.05) is 13.2 Å². The van der Waals surface area contributed by atoms with Crippen molar-refractivity contribution in [3.8, 4) is 0 Å². The Morgan fingerprint density at radius 3 is 2.96 bits per heavy atom. The predicted molar refractivity (Wildman–Crippen MR) is 99.8 cm³/mol. The quantitative estimate of drug-likeness (QED) is 0.729. The summed E-state index contributed by atoms with van der Waals surface area (Å²) in [4.78, 5) is 11.9. The van der Waals surface area contributed by atoms with Crippen molar-refractivity contribution in [2.45, 2.75) is 51.6 Å². The number of allylic oxidation sites excluding steroid dienone is 5. The SMILES string of the molecule is CCC(O)COC1=CC(COC2=CCCC3=C2C(=N)C(=O)CC3)CC=C1. The van der Waals surface area contributed by atoms with Crippen molar-refractivity contribution in [2.24, 2.45) is 5.92 Å². The van der Waals surface area contributed by atoms with Crippen LogP contribution >= 0.6 is 0 Å². The minimum absolute atomic E-state index is 0.0918. The fourth-order valence-corrected chi connectivity index (χ4v) is 3.42. The number of hydrogen-bond acceptors (Lipinski definition) is 5. The Balaban J connectivity index is 1.60. The largest absolute Gasteiger partial charge is 0.493 e. The second-order valence-electron chi connectivity index (χ2n) is 7.04. The summed E-state index contributed by atoms with van der Waals surface area (Å²) in [7, 11) is 0. The molecule has 26 heavy (non-hydrogen) atoms. The summed E-state index contributed by atoms with van der Waals surface area (Å²) >= 11 is 0. The molecule has 140 valence electrons. The van der Waals surface area contributed by atoms with E-state index in [4.69, 9.17) is 14.9 Å². The highest BCUT2D eigenvalue weighted by Gasteiger charge is 2.29. The van der Waals surface area contributed by atoms with Crippen LogP contribution in [0.15, 0.2) is 47.0 Å². The molecule has 0 heterocycles. The van der Waals surface area contributed by atoms with E-state index in [1.165, 1.54) is 5.57 Å². The van der Waals surface area contributed by atoms with Crippen LogP contribution in [0.25, 0.3) is 0 Å². The molecule has 0 saturated heterocycles. The van der Waals surface area contributed by atoms with Crippen LogP contribution in [0, 0.1) is 11.3 Å². The molecule has 0 aromatic rings. The Labute approximate surface area is 154 Å². The monoisotopic (exact) mass is 357 g/mol. The first-order valence-electron chi connectivity index (χ1n) is 9.45. The van der Waals surface area contributed by atoms with Gasteiger partial charge in [0.15, 0.2) is 5.78 Å². The van der Waals surface area contributed by atoms with E-state index in [9.17, 15) is 9.90 Å². The molecule has 2 N–H and O–H groups in total. The maximum absolute atomic E-state index is 11.9. The molecular formula is C21H27NO4. The Hall–Kier alpha value is -2.14. The minimum Gasteiger partial charge on any atom is -0.493 e. The van der Waals surface area contributed by atoms with E-state index in [-0.39, 0.29) is 17.4 Å². The molecule has 0 aromatic carbocycles. The van der Waals surface area contributed by atoms with E-state index in [2.05, 4.69) is 0 Å². The van der Waals surface area contributed by atoms with E-state index in [1.54, 1.807) is 0 Å². The van der Waals surface area contributed by atoms with Crippen LogP contribution in [0.5, 0.6) is 0 Å². The average Bonchev–Trinajstić information content (AvgIpc) is 2.67. The fourth-order valence-electron chi connectivity index (χ4n) is 3.42. The topological polar surface area (TPSA) is 79.6 Å². The van der Waals surface area contributed by atoms with E-state index < -0.39 is 6.10 Å². The summed E-state index contributed by atoms with van der Waals surface area (Å²) in [5, 5.41) is 17.7. The zero-order valence-corrected chi connectivity index (χ0v) is 15.3. The molecule has 0 radical (unpaired) electrons. The number of aliphatic hydroxyl groups excluding tert-OH is 1. The highest BCUT2D eigenvalue weighted by molar-refractivity contribution is 6.46. The van der Waals surface area contributed by atoms with Crippen LogP contribution in [0.1, 0.15) is 45.4 Å². The molecule has 0 bridgehead atoms. The number of aliphatic hydroxyl groups is 1. The van der Waals surface area contributed by atoms with Crippen LogP contribution in [-0.4, -0.2) is 35.9 Å². The molecule has 2 atom stereocenters. The lowest BCUT2D eigenvalue weighted by Crippen LogP contribution is -2.26. The number of ether oxygens (including phenoxy) is 2. The molecular weight excluding hydrogens is 330 g/mol. The summed E-state index contributed by atoms with van der Waals surface area (Å²) in [5.41, 5.74) is 2.02. The van der Waals surface area contributed by atoms with E-state index in [0.29, 0.717) is 31.8 Å². The Bertz CT molecular complexity index is 699. The second kappa shape index (κ2) is 8.49. The molecule has 0 saturated carbocycles. The maximum atomic E-state index is 11.9. The Morgan fingerprint density at radius 2 is 2.15 bits per heavy atom. The molecule has 0 spiro atoms. The van der Waals surface area contributed by atoms with Gasteiger partial charge < -0.3 is 14.6 Å². The summed E-state index contributed by atoms with van der Waals surface area (Å²) in [6.45, 7) is 2.70. The summed E-state index contributed by atoms with van der Waals surface area (Å²) in [6, 6.07) is 0. The van der Waals surface area contributed by atoms with Crippen LogP contribution in [-0.2, 0) is 14.3 Å². The van der Waals surface area contributed by atoms with E-state index in [1.807, 2.05) is 31.2 Å². The lowest BCUT2D eigenvalue weighted by molar-refractivity contribution is -0.113. The Kier molecular flexibility index (Phi) is 6.09. The lowest BCUT2D eigenvalue weighted by atomic mass is 9.83. The third kappa shape index (κ3) is 4.33. The van der Waals surface area contributed by atoms with Crippen LogP contribution < -0.4 is 0 Å². The molecule has 0 amide bonds. The van der Waals surface area contributed by atoms with Gasteiger partial charge in [-0.3, -0.25) is 10.2 Å². The summed E-state index contributed by atoms with van der Waals surface area (Å²) < 4.78 is 11.7. The number of rotatable bonds is 7. The van der Waals surface area contributed by atoms with E-state index in [0.717, 1.165) is 37.0 Å². The maximum Gasteiger partial charge on any atom is 0.181 e. The second-order valence-corrected chi connectivity index (χ2v) is 7.04. The van der Waals surface area contributed by atoms with Crippen molar-refractivity contribution in [1.82, 2.24) is 0 Å². The molecule has 3 aliphatic rings. The predicted octanol–water partition coefficient (Wildman–Crippen LogP) is 3.61. The molecule has 0 fully saturated rings. The molecule has 3 rings (SSSR count). The van der Waals surface area contributed by atoms with Gasteiger partial charge in [-0.2, -0.15) is 0 Å². The first-order valence-corrected chi connectivity index (χ1v) is 9.45. The van der Waals surface area contributed by atoms with Gasteiger partial charge >= 0.3 is 0 Å². The molecule has 0 aliphatic heterocycles. The smallest absolute Gasteiger partial charge is 0.181 e. The zero-order chi connectivity index (χ0) is 18.5. The molecule has 5 nitrogen and oxygen atoms in total. The summed E-state index contributed by atoms with van der Waals surface area (Å²) in [6.07, 6.45) is 12.1. The van der Waals surface area contributed by atoms with Crippen molar-refractivity contribution in [3.63, 3.8) is 0 Å². The van der Waals surface area contributed by atoms with Crippen molar-refractivity contribution in [1.29, 1.82) is 5.41 Å². The number of carbonyl (C=O) groups is 1. The van der Waals surface area contributed by atoms with Crippen molar-refractivity contribution >= 4 is 11.5 Å². The Morgan fingerprint density at radius 1 is 1.31 bits per heavy atom. The van der Waals surface area contributed by atoms with Crippen LogP contribution in [0.3, 0.4) is 0 Å². The van der Waals surface area contributed by atoms with Gasteiger partial charge in [-0.25, -0.2) is 0 Å². The van der Waals surface area contributed by atoms with Gasteiger partial charge in [0.05, 0.1) is 12.7 Å². The third-order valence-electron chi connectivity index (χ3n) is 5.05. The first-order chi connectivity index (χ1) is 12.6. The average molecular weight is 357 g/mol. The standard InChI is InChI=1S/C21H27NO4/c1-2-16(23)13-25-17-7-3-5-14(11-17)12-26-19-8-4-6-15-9-10-18(24)21(22)20(15)19/h3,7-8,11,14,16,22-23H,2,4-6,9-10,12-13H2,1H3. The lowest BCUT2D eigenvalue weighted by Gasteiger charge is -2.27. The summed E-state index contributed by atoms with van der Waals surface area (Å²) in [5.74, 6) is 1.53. The molecule has 2 unspecified atom stereocenters. The van der Waals surface area contributed by atoms with Gasteiger partial charge in [-0.05, 0) is 50.3 Å². The van der Waals surface area contributed by atoms with Crippen LogP contribution in [0.2, 0.25) is 0 Å². The van der Waals surface area contributed by atoms with Crippen molar-refractivity contribution in [3.05, 3.63) is 47.0 Å². The van der Waals surface area contributed by atoms with Gasteiger partial charge in [0, 0.05) is 17.9 Å². The highest BCUT2D eigenvalue weighted by Crippen LogP contribution is 2.34. The number of ketones is 1. The van der Waals surface area contributed by atoms with Gasteiger partial charge in [0.2, 0.25) is 0 Å². The third-order valence-corrected chi connectivity index (χ3v) is 5.05. The van der Waals surface area contributed by atoms with Gasteiger partial charge in [0.25, 0.3) is 0 Å². The zero-order valence-electron chi connectivity index (χ0n) is 15.3. The van der Waals surface area contributed by atoms with Crippen LogP contribution in [0.4, 0.5) is 0 Å². The number of nitrogens with one attached hydrogen (secondary N) is 1. The normalized spacial score (nSPS) is 24.0. The molecule has 0 aromatic heterocycles. The highest BCUT2D eigenvalue weighted by atomic mass is 16.5. The fraction of sp³-hybridized carbons (Fsp3) is 0.524. The van der Waals surface area contributed by atoms with Gasteiger partial charge in [-0.15, -0.1) is 0 Å². The number of carbonyl (C=O) groups excluding carboxylic acids is 1. The van der Waals surface area contributed by atoms with Gasteiger partial charge in [-0.1, -0.05) is 18.6 Å². The van der Waals surface area contributed by atoms with E-state index >= 15 is 0 Å². The minimum atomic E-state index is -0.450.